The highest BCUT2D eigenvalue weighted by atomic mass is 14.5. The molecule has 0 radical (unpaired) electrons. The number of rotatable bonds is 6. The van der Waals surface area contributed by atoms with Gasteiger partial charge in [0, 0.05) is 22.7 Å². The van der Waals surface area contributed by atoms with E-state index in [2.05, 4.69) is 52.0 Å². The fourth-order valence-corrected chi connectivity index (χ4v) is 4.54. The Labute approximate surface area is 216 Å². The van der Waals surface area contributed by atoms with Gasteiger partial charge in [0.15, 0.2) is 0 Å². The highest BCUT2D eigenvalue weighted by Gasteiger charge is 2.04. The SMILES string of the molecule is Cc1cc(N)ccc1CCc1ccc(N)cc1C.Cc1cc(N)ccc1CCc1ccc(N)cc1C. The van der Waals surface area contributed by atoms with Gasteiger partial charge in [-0.05, 0) is 146 Å². The molecule has 4 aromatic rings. The van der Waals surface area contributed by atoms with Crippen LogP contribution in [0.3, 0.4) is 0 Å². The smallest absolute Gasteiger partial charge is 0.0316 e. The van der Waals surface area contributed by atoms with Crippen LogP contribution in [0.25, 0.3) is 0 Å². The number of anilines is 4. The summed E-state index contributed by atoms with van der Waals surface area (Å²) in [5, 5.41) is 0. The van der Waals surface area contributed by atoms with Crippen LogP contribution in [-0.4, -0.2) is 0 Å². The van der Waals surface area contributed by atoms with Crippen LogP contribution in [0.1, 0.15) is 44.5 Å². The molecule has 0 amide bonds. The summed E-state index contributed by atoms with van der Waals surface area (Å²) < 4.78 is 0. The van der Waals surface area contributed by atoms with E-state index in [1.165, 1.54) is 44.5 Å². The van der Waals surface area contributed by atoms with Crippen LogP contribution >= 0.6 is 0 Å². The summed E-state index contributed by atoms with van der Waals surface area (Å²) in [6.07, 6.45) is 4.15. The van der Waals surface area contributed by atoms with Crippen LogP contribution in [0.4, 0.5) is 22.7 Å². The average molecular weight is 481 g/mol. The zero-order valence-electron chi connectivity index (χ0n) is 22.1. The molecule has 0 bridgehead atoms. The second-order valence-corrected chi connectivity index (χ2v) is 9.74. The van der Waals surface area contributed by atoms with Crippen molar-refractivity contribution in [3.63, 3.8) is 0 Å². The van der Waals surface area contributed by atoms with Crippen molar-refractivity contribution in [2.24, 2.45) is 0 Å². The van der Waals surface area contributed by atoms with Crippen LogP contribution in [0, 0.1) is 27.7 Å². The fraction of sp³-hybridized carbons (Fsp3) is 0.250. The first-order chi connectivity index (χ1) is 17.1. The standard InChI is InChI=1S/2C16H20N2/c2*1-11-9-15(17)7-5-13(11)3-4-14-6-8-16(18)10-12(14)2/h2*5-10H,3-4,17-18H2,1-2H3. The van der Waals surface area contributed by atoms with Gasteiger partial charge in [0.1, 0.15) is 0 Å². The highest BCUT2D eigenvalue weighted by Crippen LogP contribution is 2.19. The Hall–Kier alpha value is -3.92. The molecule has 0 aliphatic rings. The lowest BCUT2D eigenvalue weighted by Gasteiger charge is -2.09. The summed E-state index contributed by atoms with van der Waals surface area (Å²) >= 11 is 0. The number of hydrogen-bond donors (Lipinski definition) is 4. The lowest BCUT2D eigenvalue weighted by molar-refractivity contribution is 0.940. The van der Waals surface area contributed by atoms with Gasteiger partial charge in [0.2, 0.25) is 0 Å². The van der Waals surface area contributed by atoms with Gasteiger partial charge in [-0.2, -0.15) is 0 Å². The van der Waals surface area contributed by atoms with E-state index in [1.54, 1.807) is 0 Å². The van der Waals surface area contributed by atoms with Crippen molar-refractivity contribution in [2.75, 3.05) is 22.9 Å². The molecule has 0 fully saturated rings. The number of hydrogen-bond acceptors (Lipinski definition) is 4. The van der Waals surface area contributed by atoms with Crippen molar-refractivity contribution in [3.05, 3.63) is 117 Å². The van der Waals surface area contributed by atoms with Gasteiger partial charge in [-0.15, -0.1) is 0 Å². The lowest BCUT2D eigenvalue weighted by atomic mass is 9.97. The van der Waals surface area contributed by atoms with E-state index in [0.717, 1.165) is 48.4 Å². The van der Waals surface area contributed by atoms with Crippen LogP contribution < -0.4 is 22.9 Å². The minimum Gasteiger partial charge on any atom is -0.399 e. The Morgan fingerprint density at radius 2 is 0.556 bits per heavy atom. The molecule has 4 aromatic carbocycles. The fourth-order valence-electron chi connectivity index (χ4n) is 4.54. The Morgan fingerprint density at radius 1 is 0.361 bits per heavy atom. The molecule has 0 aromatic heterocycles. The number of nitrogen functional groups attached to an aromatic ring is 4. The summed E-state index contributed by atoms with van der Waals surface area (Å²) in [6.45, 7) is 8.45. The summed E-state index contributed by atoms with van der Waals surface area (Å²) in [4.78, 5) is 0. The molecule has 0 heterocycles. The summed E-state index contributed by atoms with van der Waals surface area (Å²) in [5.74, 6) is 0. The maximum Gasteiger partial charge on any atom is 0.0316 e. The molecule has 188 valence electrons. The van der Waals surface area contributed by atoms with Crippen LogP contribution in [0.5, 0.6) is 0 Å². The van der Waals surface area contributed by atoms with Crippen molar-refractivity contribution in [1.29, 1.82) is 0 Å². The molecule has 4 nitrogen and oxygen atoms in total. The van der Waals surface area contributed by atoms with Gasteiger partial charge in [-0.1, -0.05) is 24.3 Å². The molecule has 8 N–H and O–H groups in total. The van der Waals surface area contributed by atoms with E-state index >= 15 is 0 Å². The average Bonchev–Trinajstić information content (AvgIpc) is 2.80. The van der Waals surface area contributed by atoms with Crippen molar-refractivity contribution >= 4 is 22.7 Å². The molecule has 36 heavy (non-hydrogen) atoms. The second-order valence-electron chi connectivity index (χ2n) is 9.74. The number of benzene rings is 4. The monoisotopic (exact) mass is 480 g/mol. The first-order valence-corrected chi connectivity index (χ1v) is 12.5. The third-order valence-corrected chi connectivity index (χ3v) is 6.79. The molecule has 0 spiro atoms. The predicted molar refractivity (Wildman–Crippen MR) is 157 cm³/mol. The van der Waals surface area contributed by atoms with Crippen LogP contribution in [0.15, 0.2) is 72.8 Å². The third-order valence-electron chi connectivity index (χ3n) is 6.79. The largest absolute Gasteiger partial charge is 0.399 e. The van der Waals surface area contributed by atoms with Gasteiger partial charge < -0.3 is 22.9 Å². The van der Waals surface area contributed by atoms with Crippen LogP contribution in [0.2, 0.25) is 0 Å². The van der Waals surface area contributed by atoms with Crippen molar-refractivity contribution in [1.82, 2.24) is 0 Å². The first-order valence-electron chi connectivity index (χ1n) is 12.5. The normalized spacial score (nSPS) is 10.6. The van der Waals surface area contributed by atoms with Gasteiger partial charge >= 0.3 is 0 Å². The summed E-state index contributed by atoms with van der Waals surface area (Å²) in [7, 11) is 0. The molecule has 4 rings (SSSR count). The topological polar surface area (TPSA) is 104 Å². The van der Waals surface area contributed by atoms with Crippen molar-refractivity contribution < 1.29 is 0 Å². The molecule has 0 saturated heterocycles. The van der Waals surface area contributed by atoms with E-state index in [1.807, 2.05) is 48.5 Å². The molecular weight excluding hydrogens is 440 g/mol. The minimum absolute atomic E-state index is 0.833. The molecule has 4 heteroatoms. The highest BCUT2D eigenvalue weighted by molar-refractivity contribution is 5.47. The van der Waals surface area contributed by atoms with Crippen molar-refractivity contribution in [3.8, 4) is 0 Å². The van der Waals surface area contributed by atoms with E-state index in [4.69, 9.17) is 22.9 Å². The summed E-state index contributed by atoms with van der Waals surface area (Å²) in [6, 6.07) is 24.5. The van der Waals surface area contributed by atoms with E-state index < -0.39 is 0 Å². The van der Waals surface area contributed by atoms with Gasteiger partial charge in [0.25, 0.3) is 0 Å². The Morgan fingerprint density at radius 3 is 0.722 bits per heavy atom. The third kappa shape index (κ3) is 7.54. The first kappa shape index (κ1) is 26.7. The lowest BCUT2D eigenvalue weighted by Crippen LogP contribution is -1.98. The van der Waals surface area contributed by atoms with Gasteiger partial charge in [0.05, 0.1) is 0 Å². The maximum absolute atomic E-state index is 5.76. The zero-order valence-corrected chi connectivity index (χ0v) is 22.1. The van der Waals surface area contributed by atoms with E-state index in [0.29, 0.717) is 0 Å². The molecule has 0 atom stereocenters. The predicted octanol–water partition coefficient (Wildman–Crippen LogP) is 6.51. The Bertz CT molecular complexity index is 1120. The van der Waals surface area contributed by atoms with E-state index in [9.17, 15) is 0 Å². The minimum atomic E-state index is 0.833. The number of aryl methyl sites for hydroxylation is 8. The Kier molecular flexibility index (Phi) is 9.02. The maximum atomic E-state index is 5.76. The summed E-state index contributed by atoms with van der Waals surface area (Å²) in [5.41, 5.74) is 36.9. The second kappa shape index (κ2) is 12.2. The molecule has 0 saturated carbocycles. The van der Waals surface area contributed by atoms with Crippen molar-refractivity contribution in [2.45, 2.75) is 53.4 Å². The quantitative estimate of drug-likeness (QED) is 0.236. The van der Waals surface area contributed by atoms with E-state index in [-0.39, 0.29) is 0 Å². The molecule has 0 unspecified atom stereocenters. The zero-order chi connectivity index (χ0) is 26.2. The molecular formula is C32H40N4. The Balaban J connectivity index is 0.000000201. The molecule has 0 aliphatic carbocycles. The molecule has 0 aliphatic heterocycles. The van der Waals surface area contributed by atoms with Crippen LogP contribution in [-0.2, 0) is 25.7 Å². The number of nitrogens with two attached hydrogens (primary N) is 4. The van der Waals surface area contributed by atoms with Gasteiger partial charge in [-0.3, -0.25) is 0 Å². The van der Waals surface area contributed by atoms with Gasteiger partial charge in [-0.25, -0.2) is 0 Å².